The SMILES string of the molecule is CC(=O)CC(=O)/C=C/c1ccc(OCCNC(=O)OC(C)(C)C)c(OCCNC(=O)OC(C)(C)C)c1. The molecule has 1 aromatic rings. The number of hydrogen-bond donors (Lipinski definition) is 2. The molecule has 0 fully saturated rings. The molecule has 0 spiro atoms. The molecule has 0 aromatic heterocycles. The molecule has 10 nitrogen and oxygen atoms in total. The number of Topliss-reactive ketones (excluding diaryl/α,β-unsaturated/α-hetero) is 1. The number of carbonyl (C=O) groups is 4. The first-order chi connectivity index (χ1) is 16.6. The highest BCUT2D eigenvalue weighted by atomic mass is 16.6. The van der Waals surface area contributed by atoms with Gasteiger partial charge in [-0.05, 0) is 72.2 Å². The molecule has 200 valence electrons. The number of carbonyl (C=O) groups excluding carboxylic acids is 4. The van der Waals surface area contributed by atoms with Crippen LogP contribution >= 0.6 is 0 Å². The van der Waals surface area contributed by atoms with Crippen LogP contribution in [0.4, 0.5) is 9.59 Å². The number of alkyl carbamates (subject to hydrolysis) is 2. The standard InChI is InChI=1S/C26H38N2O8/c1-18(29)16-20(30)10-8-19-9-11-21(33-14-12-27-23(31)35-25(2,3)4)22(17-19)34-15-13-28-24(32)36-26(5,6)7/h8-11,17H,12-16H2,1-7H3,(H,27,31)(H,28,32)/b10-8+. The molecule has 0 atom stereocenters. The number of amides is 2. The molecule has 0 bridgehead atoms. The van der Waals surface area contributed by atoms with Crippen molar-refractivity contribution < 1.29 is 38.1 Å². The van der Waals surface area contributed by atoms with E-state index >= 15 is 0 Å². The van der Waals surface area contributed by atoms with Crippen LogP contribution in [0.25, 0.3) is 6.08 Å². The Morgan fingerprint density at radius 1 is 0.806 bits per heavy atom. The molecule has 2 N–H and O–H groups in total. The van der Waals surface area contributed by atoms with Crippen LogP contribution in [-0.2, 0) is 19.1 Å². The van der Waals surface area contributed by atoms with Crippen LogP contribution in [0.2, 0.25) is 0 Å². The summed E-state index contributed by atoms with van der Waals surface area (Å²) in [5.74, 6) is 0.264. The van der Waals surface area contributed by atoms with Gasteiger partial charge in [0, 0.05) is 0 Å². The van der Waals surface area contributed by atoms with Crippen LogP contribution < -0.4 is 20.1 Å². The molecular formula is C26H38N2O8. The van der Waals surface area contributed by atoms with Crippen molar-refractivity contribution in [2.45, 2.75) is 66.1 Å². The number of rotatable bonds is 12. The summed E-state index contributed by atoms with van der Waals surface area (Å²) in [6, 6.07) is 5.06. The highest BCUT2D eigenvalue weighted by Crippen LogP contribution is 2.29. The predicted octanol–water partition coefficient (Wildman–Crippen LogP) is 4.06. The van der Waals surface area contributed by atoms with Gasteiger partial charge in [-0.25, -0.2) is 9.59 Å². The number of benzene rings is 1. The van der Waals surface area contributed by atoms with Crippen molar-refractivity contribution in [1.29, 1.82) is 0 Å². The summed E-state index contributed by atoms with van der Waals surface area (Å²) in [6.07, 6.45) is 1.63. The van der Waals surface area contributed by atoms with Gasteiger partial charge >= 0.3 is 12.2 Å². The van der Waals surface area contributed by atoms with E-state index in [1.54, 1.807) is 65.8 Å². The lowest BCUT2D eigenvalue weighted by Gasteiger charge is -2.20. The summed E-state index contributed by atoms with van der Waals surface area (Å²) in [5.41, 5.74) is -0.560. The molecule has 10 heteroatoms. The molecule has 1 aromatic carbocycles. The minimum absolute atomic E-state index is 0.127. The number of nitrogens with one attached hydrogen (secondary N) is 2. The van der Waals surface area contributed by atoms with Crippen molar-refractivity contribution in [3.05, 3.63) is 29.8 Å². The Labute approximate surface area is 212 Å². The van der Waals surface area contributed by atoms with Gasteiger partial charge in [-0.3, -0.25) is 9.59 Å². The lowest BCUT2D eigenvalue weighted by Crippen LogP contribution is -2.35. The summed E-state index contributed by atoms with van der Waals surface area (Å²) in [5, 5.41) is 5.21. The number of hydrogen-bond acceptors (Lipinski definition) is 8. The normalized spacial score (nSPS) is 11.5. The fourth-order valence-corrected chi connectivity index (χ4v) is 2.61. The Kier molecular flexibility index (Phi) is 11.9. The van der Waals surface area contributed by atoms with Gasteiger partial charge in [0.15, 0.2) is 17.3 Å². The van der Waals surface area contributed by atoms with Crippen molar-refractivity contribution in [3.63, 3.8) is 0 Å². The first-order valence-electron chi connectivity index (χ1n) is 11.7. The van der Waals surface area contributed by atoms with Crippen molar-refractivity contribution in [2.24, 2.45) is 0 Å². The molecule has 36 heavy (non-hydrogen) atoms. The zero-order chi connectivity index (χ0) is 27.4. The third kappa shape index (κ3) is 14.6. The van der Waals surface area contributed by atoms with Crippen LogP contribution in [-0.4, -0.2) is 61.3 Å². The van der Waals surface area contributed by atoms with Gasteiger partial charge in [0.2, 0.25) is 0 Å². The average Bonchev–Trinajstić information content (AvgIpc) is 2.70. The Balaban J connectivity index is 2.78. The molecule has 0 aliphatic carbocycles. The Morgan fingerprint density at radius 2 is 1.31 bits per heavy atom. The second-order valence-electron chi connectivity index (χ2n) is 9.94. The lowest BCUT2D eigenvalue weighted by molar-refractivity contribution is -0.123. The molecule has 1 rings (SSSR count). The van der Waals surface area contributed by atoms with Crippen LogP contribution in [0.5, 0.6) is 11.5 Å². The first-order valence-corrected chi connectivity index (χ1v) is 11.7. The molecular weight excluding hydrogens is 468 g/mol. The van der Waals surface area contributed by atoms with Crippen LogP contribution in [0.3, 0.4) is 0 Å². The van der Waals surface area contributed by atoms with Gasteiger partial charge in [-0.1, -0.05) is 12.1 Å². The summed E-state index contributed by atoms with van der Waals surface area (Å²) < 4.78 is 21.9. The van der Waals surface area contributed by atoms with E-state index in [1.807, 2.05) is 0 Å². The van der Waals surface area contributed by atoms with E-state index in [2.05, 4.69) is 10.6 Å². The van der Waals surface area contributed by atoms with Crippen molar-refractivity contribution in [2.75, 3.05) is 26.3 Å². The Hall–Kier alpha value is -3.56. The number of ketones is 2. The van der Waals surface area contributed by atoms with E-state index in [0.29, 0.717) is 17.1 Å². The van der Waals surface area contributed by atoms with Crippen LogP contribution in [0, 0.1) is 0 Å². The fourth-order valence-electron chi connectivity index (χ4n) is 2.61. The van der Waals surface area contributed by atoms with Gasteiger partial charge in [-0.2, -0.15) is 0 Å². The van der Waals surface area contributed by atoms with Crippen molar-refractivity contribution in [1.82, 2.24) is 10.6 Å². The zero-order valence-corrected chi connectivity index (χ0v) is 22.2. The first kappa shape index (κ1) is 30.5. The topological polar surface area (TPSA) is 129 Å². The third-order valence-corrected chi connectivity index (χ3v) is 3.91. The maximum Gasteiger partial charge on any atom is 0.407 e. The molecule has 0 aliphatic heterocycles. The molecule has 0 radical (unpaired) electrons. The van der Waals surface area contributed by atoms with Crippen molar-refractivity contribution >= 4 is 29.8 Å². The van der Waals surface area contributed by atoms with E-state index in [9.17, 15) is 19.2 Å². The second-order valence-corrected chi connectivity index (χ2v) is 9.94. The van der Waals surface area contributed by atoms with Gasteiger partial charge in [0.1, 0.15) is 30.2 Å². The van der Waals surface area contributed by atoms with Crippen molar-refractivity contribution in [3.8, 4) is 11.5 Å². The number of ether oxygens (including phenoxy) is 4. The minimum Gasteiger partial charge on any atom is -0.488 e. The highest BCUT2D eigenvalue weighted by molar-refractivity contribution is 6.05. The Bertz CT molecular complexity index is 942. The summed E-state index contributed by atoms with van der Waals surface area (Å²) in [4.78, 5) is 46.5. The van der Waals surface area contributed by atoms with E-state index in [-0.39, 0.29) is 44.3 Å². The maximum absolute atomic E-state index is 11.8. The monoisotopic (exact) mass is 506 g/mol. The predicted molar refractivity (Wildman–Crippen MR) is 135 cm³/mol. The molecule has 0 aliphatic rings. The van der Waals surface area contributed by atoms with Gasteiger partial charge in [-0.15, -0.1) is 0 Å². The largest absolute Gasteiger partial charge is 0.488 e. The second kappa shape index (κ2) is 14.1. The summed E-state index contributed by atoms with van der Waals surface area (Å²) in [6.45, 7) is 12.6. The zero-order valence-electron chi connectivity index (χ0n) is 22.2. The lowest BCUT2D eigenvalue weighted by atomic mass is 10.1. The van der Waals surface area contributed by atoms with Gasteiger partial charge in [0.05, 0.1) is 19.5 Å². The van der Waals surface area contributed by atoms with Crippen LogP contribution in [0.1, 0.15) is 60.5 Å². The van der Waals surface area contributed by atoms with Gasteiger partial charge in [0.25, 0.3) is 0 Å². The fraction of sp³-hybridized carbons (Fsp3) is 0.538. The van der Waals surface area contributed by atoms with E-state index in [0.717, 1.165) is 0 Å². The number of allylic oxidation sites excluding steroid dienone is 1. The Morgan fingerprint density at radius 3 is 1.78 bits per heavy atom. The third-order valence-electron chi connectivity index (χ3n) is 3.91. The summed E-state index contributed by atoms with van der Waals surface area (Å²) in [7, 11) is 0. The molecule has 0 heterocycles. The summed E-state index contributed by atoms with van der Waals surface area (Å²) >= 11 is 0. The van der Waals surface area contributed by atoms with Crippen LogP contribution in [0.15, 0.2) is 24.3 Å². The highest BCUT2D eigenvalue weighted by Gasteiger charge is 2.17. The van der Waals surface area contributed by atoms with E-state index in [4.69, 9.17) is 18.9 Å². The van der Waals surface area contributed by atoms with Gasteiger partial charge < -0.3 is 29.6 Å². The molecule has 2 amide bonds. The van der Waals surface area contributed by atoms with E-state index in [1.165, 1.54) is 13.0 Å². The quantitative estimate of drug-likeness (QED) is 0.247. The van der Waals surface area contributed by atoms with E-state index < -0.39 is 23.4 Å². The smallest absolute Gasteiger partial charge is 0.407 e. The molecule has 0 saturated carbocycles. The average molecular weight is 507 g/mol. The maximum atomic E-state index is 11.8. The molecule has 0 saturated heterocycles. The molecule has 0 unspecified atom stereocenters. The minimum atomic E-state index is -0.611.